The Morgan fingerprint density at radius 1 is 1.27 bits per heavy atom. The highest BCUT2D eigenvalue weighted by Gasteiger charge is 2.53. The molecule has 22 heavy (non-hydrogen) atoms. The minimum atomic E-state index is 0. The molecule has 1 aromatic carbocycles. The molecule has 1 aromatic rings. The van der Waals surface area contributed by atoms with E-state index in [0.29, 0.717) is 5.41 Å². The molecule has 2 N–H and O–H groups in total. The lowest BCUT2D eigenvalue weighted by Gasteiger charge is -2.19. The molecule has 0 saturated heterocycles. The highest BCUT2D eigenvalue weighted by atomic mass is 127. The third-order valence-corrected chi connectivity index (χ3v) is 4.88. The molecule has 1 unspecified atom stereocenters. The van der Waals surface area contributed by atoms with E-state index in [-0.39, 0.29) is 30.0 Å². The van der Waals surface area contributed by atoms with Crippen LogP contribution in [0.2, 0.25) is 0 Å². The van der Waals surface area contributed by atoms with Crippen LogP contribution in [0.1, 0.15) is 51.1 Å². The predicted octanol–water partition coefficient (Wildman–Crippen LogP) is 4.11. The molecule has 0 bridgehead atoms. The van der Waals surface area contributed by atoms with E-state index in [2.05, 4.69) is 54.8 Å². The van der Waals surface area contributed by atoms with Gasteiger partial charge in [-0.3, -0.25) is 4.99 Å². The van der Waals surface area contributed by atoms with Gasteiger partial charge in [0.25, 0.3) is 0 Å². The SMILES string of the molecule is CCNC(=NCC1(C2CC2)CC1)NC(C)c1ccccc1.I. The number of nitrogens with one attached hydrogen (secondary N) is 2. The number of aliphatic imine (C=N–C) groups is 1. The fourth-order valence-corrected chi connectivity index (χ4v) is 3.14. The second kappa shape index (κ2) is 7.66. The second-order valence-corrected chi connectivity index (χ2v) is 6.61. The standard InChI is InChI=1S/C18H27N3.HI/c1-3-19-17(20-13-18(11-12-18)16-9-10-16)21-14(2)15-7-5-4-6-8-15;/h4-8,14,16H,3,9-13H2,1-2H3,(H2,19,20,21);1H. The van der Waals surface area contributed by atoms with Crippen molar-refractivity contribution in [1.82, 2.24) is 10.6 Å². The monoisotopic (exact) mass is 413 g/mol. The third-order valence-electron chi connectivity index (χ3n) is 4.88. The molecule has 122 valence electrons. The van der Waals surface area contributed by atoms with Crippen molar-refractivity contribution in [2.75, 3.05) is 13.1 Å². The molecular formula is C18H28IN3. The van der Waals surface area contributed by atoms with Gasteiger partial charge in [0.05, 0.1) is 6.04 Å². The Kier molecular flexibility index (Phi) is 6.12. The van der Waals surface area contributed by atoms with Crippen LogP contribution in [-0.2, 0) is 0 Å². The molecule has 2 saturated carbocycles. The Labute approximate surface area is 151 Å². The molecule has 3 nitrogen and oxygen atoms in total. The van der Waals surface area contributed by atoms with Crippen LogP contribution in [0.5, 0.6) is 0 Å². The quantitative estimate of drug-likeness (QED) is 0.418. The van der Waals surface area contributed by atoms with Crippen molar-refractivity contribution in [3.05, 3.63) is 35.9 Å². The first kappa shape index (κ1) is 17.6. The molecule has 1 atom stereocenters. The molecule has 0 aliphatic heterocycles. The van der Waals surface area contributed by atoms with Gasteiger partial charge < -0.3 is 10.6 Å². The van der Waals surface area contributed by atoms with Gasteiger partial charge in [0.2, 0.25) is 0 Å². The van der Waals surface area contributed by atoms with Crippen molar-refractivity contribution in [3.63, 3.8) is 0 Å². The normalized spacial score (nSPS) is 20.7. The Hall–Kier alpha value is -0.780. The summed E-state index contributed by atoms with van der Waals surface area (Å²) < 4.78 is 0. The second-order valence-electron chi connectivity index (χ2n) is 6.61. The van der Waals surface area contributed by atoms with Crippen LogP contribution >= 0.6 is 24.0 Å². The first-order valence-corrected chi connectivity index (χ1v) is 8.33. The Balaban J connectivity index is 0.00000176. The van der Waals surface area contributed by atoms with E-state index in [1.54, 1.807) is 0 Å². The number of benzene rings is 1. The third kappa shape index (κ3) is 4.37. The van der Waals surface area contributed by atoms with Crippen LogP contribution in [0.4, 0.5) is 0 Å². The number of hydrogen-bond acceptors (Lipinski definition) is 1. The highest BCUT2D eigenvalue weighted by molar-refractivity contribution is 14.0. The molecule has 0 amide bonds. The van der Waals surface area contributed by atoms with Crippen molar-refractivity contribution in [1.29, 1.82) is 0 Å². The van der Waals surface area contributed by atoms with Crippen molar-refractivity contribution >= 4 is 29.9 Å². The van der Waals surface area contributed by atoms with Crippen molar-refractivity contribution in [3.8, 4) is 0 Å². The average Bonchev–Trinajstić information content (AvgIpc) is 3.39. The van der Waals surface area contributed by atoms with Gasteiger partial charge in [-0.1, -0.05) is 30.3 Å². The molecule has 0 heterocycles. The van der Waals surface area contributed by atoms with Gasteiger partial charge in [0, 0.05) is 13.1 Å². The Morgan fingerprint density at radius 3 is 2.50 bits per heavy atom. The molecule has 2 aliphatic rings. The van der Waals surface area contributed by atoms with Gasteiger partial charge in [-0.15, -0.1) is 24.0 Å². The lowest BCUT2D eigenvalue weighted by Crippen LogP contribution is -2.39. The Bertz CT molecular complexity index is 492. The van der Waals surface area contributed by atoms with E-state index >= 15 is 0 Å². The van der Waals surface area contributed by atoms with Crippen molar-refractivity contribution in [2.24, 2.45) is 16.3 Å². The minimum Gasteiger partial charge on any atom is -0.357 e. The van der Waals surface area contributed by atoms with E-state index in [4.69, 9.17) is 4.99 Å². The lowest BCUT2D eigenvalue weighted by atomic mass is 10.0. The predicted molar refractivity (Wildman–Crippen MR) is 104 cm³/mol. The fraction of sp³-hybridized carbons (Fsp3) is 0.611. The summed E-state index contributed by atoms with van der Waals surface area (Å²) in [7, 11) is 0. The number of rotatable bonds is 6. The fourth-order valence-electron chi connectivity index (χ4n) is 3.14. The summed E-state index contributed by atoms with van der Waals surface area (Å²) in [5.74, 6) is 1.93. The largest absolute Gasteiger partial charge is 0.357 e. The van der Waals surface area contributed by atoms with Gasteiger partial charge in [0.1, 0.15) is 0 Å². The molecule has 3 rings (SSSR count). The van der Waals surface area contributed by atoms with Crippen LogP contribution in [-0.4, -0.2) is 19.0 Å². The Morgan fingerprint density at radius 2 is 1.95 bits per heavy atom. The summed E-state index contributed by atoms with van der Waals surface area (Å²) in [5, 5.41) is 6.91. The molecular weight excluding hydrogens is 385 g/mol. The zero-order valence-electron chi connectivity index (χ0n) is 13.6. The van der Waals surface area contributed by atoms with Crippen LogP contribution in [0.3, 0.4) is 0 Å². The van der Waals surface area contributed by atoms with E-state index in [1.807, 2.05) is 0 Å². The van der Waals surface area contributed by atoms with Crippen molar-refractivity contribution < 1.29 is 0 Å². The molecule has 0 radical (unpaired) electrons. The minimum absolute atomic E-state index is 0. The smallest absolute Gasteiger partial charge is 0.191 e. The average molecular weight is 413 g/mol. The number of halogens is 1. The van der Waals surface area contributed by atoms with Crippen molar-refractivity contribution in [2.45, 2.75) is 45.6 Å². The maximum Gasteiger partial charge on any atom is 0.191 e. The number of hydrogen-bond donors (Lipinski definition) is 2. The van der Waals surface area contributed by atoms with Gasteiger partial charge in [-0.2, -0.15) is 0 Å². The summed E-state index contributed by atoms with van der Waals surface area (Å²) in [4.78, 5) is 4.87. The van der Waals surface area contributed by atoms with Crippen LogP contribution in [0.25, 0.3) is 0 Å². The lowest BCUT2D eigenvalue weighted by molar-refractivity contribution is 0.452. The highest BCUT2D eigenvalue weighted by Crippen LogP contribution is 2.61. The molecule has 0 spiro atoms. The van der Waals surface area contributed by atoms with Gasteiger partial charge >= 0.3 is 0 Å². The van der Waals surface area contributed by atoms with E-state index in [1.165, 1.54) is 31.2 Å². The zero-order valence-corrected chi connectivity index (χ0v) is 16.0. The summed E-state index contributed by atoms with van der Waals surface area (Å²) in [5.41, 5.74) is 1.87. The first-order chi connectivity index (χ1) is 10.2. The van der Waals surface area contributed by atoms with Gasteiger partial charge in [-0.05, 0) is 56.4 Å². The topological polar surface area (TPSA) is 36.4 Å². The summed E-state index contributed by atoms with van der Waals surface area (Å²) in [6.07, 6.45) is 5.63. The molecule has 2 aliphatic carbocycles. The van der Waals surface area contributed by atoms with E-state index in [0.717, 1.165) is 25.0 Å². The van der Waals surface area contributed by atoms with Gasteiger partial charge in [-0.25, -0.2) is 0 Å². The van der Waals surface area contributed by atoms with E-state index in [9.17, 15) is 0 Å². The summed E-state index contributed by atoms with van der Waals surface area (Å²) in [6.45, 7) is 6.21. The van der Waals surface area contributed by atoms with E-state index < -0.39 is 0 Å². The molecule has 0 aromatic heterocycles. The first-order valence-electron chi connectivity index (χ1n) is 8.33. The number of nitrogens with zero attached hydrogens (tertiary/aromatic N) is 1. The number of guanidine groups is 1. The maximum absolute atomic E-state index is 4.87. The zero-order chi connectivity index (χ0) is 14.7. The van der Waals surface area contributed by atoms with Gasteiger partial charge in [0.15, 0.2) is 5.96 Å². The molecule has 2 fully saturated rings. The maximum atomic E-state index is 4.87. The van der Waals surface area contributed by atoms with Crippen LogP contribution in [0.15, 0.2) is 35.3 Å². The summed E-state index contributed by atoms with van der Waals surface area (Å²) >= 11 is 0. The van der Waals surface area contributed by atoms with Crippen LogP contribution < -0.4 is 10.6 Å². The summed E-state index contributed by atoms with van der Waals surface area (Å²) in [6, 6.07) is 10.8. The molecule has 4 heteroatoms. The van der Waals surface area contributed by atoms with Crippen LogP contribution in [0, 0.1) is 11.3 Å².